The topological polar surface area (TPSA) is 61.7 Å². The van der Waals surface area contributed by atoms with Gasteiger partial charge in [-0.15, -0.1) is 0 Å². The summed E-state index contributed by atoms with van der Waals surface area (Å²) < 4.78 is 67.5. The van der Waals surface area contributed by atoms with E-state index < -0.39 is 22.7 Å². The molecule has 0 atom stereocenters. The van der Waals surface area contributed by atoms with Gasteiger partial charge in [0.25, 0.3) is 0 Å². The lowest BCUT2D eigenvalue weighted by atomic mass is 10.2. The molecule has 4 rings (SSSR count). The van der Waals surface area contributed by atoms with E-state index in [1.807, 2.05) is 13.0 Å². The Labute approximate surface area is 186 Å². The van der Waals surface area contributed by atoms with Crippen LogP contribution in [0.3, 0.4) is 0 Å². The normalized spacial score (nSPS) is 20.2. The van der Waals surface area contributed by atoms with Crippen LogP contribution in [-0.4, -0.2) is 84.1 Å². The van der Waals surface area contributed by atoms with Crippen molar-refractivity contribution >= 4 is 21.1 Å². The summed E-state index contributed by atoms with van der Waals surface area (Å²) in [6.45, 7) is 5.25. The summed E-state index contributed by atoms with van der Waals surface area (Å²) in [6, 6.07) is 5.11. The van der Waals surface area contributed by atoms with Crippen molar-refractivity contribution in [3.05, 3.63) is 24.0 Å². The SMILES string of the molecule is CCn1c(CN2CCN(CC(F)(F)F)CC2)nc2cc(S(=O)(=O)N3CCCCC3)ccc21. The van der Waals surface area contributed by atoms with Gasteiger partial charge in [-0.1, -0.05) is 6.42 Å². The number of piperazine rings is 1. The van der Waals surface area contributed by atoms with E-state index in [9.17, 15) is 21.6 Å². The van der Waals surface area contributed by atoms with Crippen molar-refractivity contribution < 1.29 is 21.6 Å². The molecule has 0 N–H and O–H groups in total. The number of benzene rings is 1. The standard InChI is InChI=1S/C21H30F3N5O2S/c1-2-29-19-7-6-17(32(30,31)28-8-4-3-5-9-28)14-18(19)25-20(29)15-26-10-12-27(13-11-26)16-21(22,23)24/h6-7,14H,2-5,8-13,15-16H2,1H3. The predicted octanol–water partition coefficient (Wildman–Crippen LogP) is 2.91. The molecular weight excluding hydrogens is 443 g/mol. The number of hydrogen-bond acceptors (Lipinski definition) is 5. The summed E-state index contributed by atoms with van der Waals surface area (Å²) in [5, 5.41) is 0. The van der Waals surface area contributed by atoms with E-state index in [0.29, 0.717) is 57.9 Å². The van der Waals surface area contributed by atoms with Gasteiger partial charge in [0.2, 0.25) is 10.0 Å². The van der Waals surface area contributed by atoms with Crippen LogP contribution in [0.25, 0.3) is 11.0 Å². The molecule has 7 nitrogen and oxygen atoms in total. The van der Waals surface area contributed by atoms with E-state index in [-0.39, 0.29) is 4.90 Å². The maximum absolute atomic E-state index is 13.0. The van der Waals surface area contributed by atoms with Gasteiger partial charge in [0, 0.05) is 45.8 Å². The zero-order valence-electron chi connectivity index (χ0n) is 18.3. The largest absolute Gasteiger partial charge is 0.401 e. The molecule has 1 aromatic carbocycles. The Morgan fingerprint density at radius 3 is 2.25 bits per heavy atom. The van der Waals surface area contributed by atoms with Crippen molar-refractivity contribution in [2.75, 3.05) is 45.8 Å². The van der Waals surface area contributed by atoms with Crippen LogP contribution in [0.15, 0.2) is 23.1 Å². The van der Waals surface area contributed by atoms with Crippen molar-refractivity contribution in [1.82, 2.24) is 23.7 Å². The van der Waals surface area contributed by atoms with E-state index in [0.717, 1.165) is 30.6 Å². The Hall–Kier alpha value is -1.69. The van der Waals surface area contributed by atoms with Gasteiger partial charge in [0.15, 0.2) is 0 Å². The number of nitrogens with zero attached hydrogens (tertiary/aromatic N) is 5. The fraction of sp³-hybridized carbons (Fsp3) is 0.667. The highest BCUT2D eigenvalue weighted by atomic mass is 32.2. The second kappa shape index (κ2) is 9.28. The number of aryl methyl sites for hydroxylation is 1. The monoisotopic (exact) mass is 473 g/mol. The number of fused-ring (bicyclic) bond motifs is 1. The van der Waals surface area contributed by atoms with Crippen LogP contribution < -0.4 is 0 Å². The smallest absolute Gasteiger partial charge is 0.327 e. The fourth-order valence-electron chi connectivity index (χ4n) is 4.61. The quantitative estimate of drug-likeness (QED) is 0.646. The summed E-state index contributed by atoms with van der Waals surface area (Å²) >= 11 is 0. The van der Waals surface area contributed by atoms with Gasteiger partial charge in [-0.2, -0.15) is 17.5 Å². The first kappa shape index (κ1) is 23.5. The van der Waals surface area contributed by atoms with E-state index in [4.69, 9.17) is 4.98 Å². The van der Waals surface area contributed by atoms with Crippen LogP contribution in [-0.2, 0) is 23.1 Å². The Kier molecular flexibility index (Phi) is 6.81. The molecule has 178 valence electrons. The third kappa shape index (κ3) is 5.11. The van der Waals surface area contributed by atoms with Gasteiger partial charge in [-0.3, -0.25) is 9.80 Å². The lowest BCUT2D eigenvalue weighted by molar-refractivity contribution is -0.149. The molecule has 0 unspecified atom stereocenters. The van der Waals surface area contributed by atoms with Crippen molar-refractivity contribution in [3.63, 3.8) is 0 Å². The lowest BCUT2D eigenvalue weighted by Crippen LogP contribution is -2.48. The van der Waals surface area contributed by atoms with Crippen LogP contribution in [0.4, 0.5) is 13.2 Å². The molecule has 1 aromatic heterocycles. The molecule has 2 aliphatic rings. The fourth-order valence-corrected chi connectivity index (χ4v) is 6.14. The van der Waals surface area contributed by atoms with E-state index in [1.54, 1.807) is 16.4 Å². The molecule has 2 aliphatic heterocycles. The predicted molar refractivity (Wildman–Crippen MR) is 116 cm³/mol. The number of imidazole rings is 1. The summed E-state index contributed by atoms with van der Waals surface area (Å²) in [7, 11) is -3.54. The highest BCUT2D eigenvalue weighted by molar-refractivity contribution is 7.89. The molecule has 2 fully saturated rings. The van der Waals surface area contributed by atoms with Crippen molar-refractivity contribution in [3.8, 4) is 0 Å². The van der Waals surface area contributed by atoms with Crippen molar-refractivity contribution in [1.29, 1.82) is 0 Å². The maximum atomic E-state index is 13.0. The second-order valence-corrected chi connectivity index (χ2v) is 10.5. The minimum absolute atomic E-state index is 0.264. The Bertz CT molecular complexity index is 1040. The van der Waals surface area contributed by atoms with Crippen LogP contribution in [0.2, 0.25) is 0 Å². The van der Waals surface area contributed by atoms with Crippen molar-refractivity contribution in [2.45, 2.75) is 50.3 Å². The zero-order chi connectivity index (χ0) is 22.9. The van der Waals surface area contributed by atoms with E-state index >= 15 is 0 Å². The maximum Gasteiger partial charge on any atom is 0.401 e. The Balaban J connectivity index is 1.51. The molecule has 0 bridgehead atoms. The molecular formula is C21H30F3N5O2S. The number of hydrogen-bond donors (Lipinski definition) is 0. The van der Waals surface area contributed by atoms with E-state index in [1.165, 1.54) is 4.90 Å². The number of sulfonamides is 1. The average molecular weight is 474 g/mol. The first-order valence-corrected chi connectivity index (χ1v) is 12.6. The number of rotatable bonds is 6. The molecule has 0 spiro atoms. The van der Waals surface area contributed by atoms with Gasteiger partial charge in [-0.25, -0.2) is 13.4 Å². The first-order valence-electron chi connectivity index (χ1n) is 11.2. The van der Waals surface area contributed by atoms with Crippen molar-refractivity contribution in [2.24, 2.45) is 0 Å². The molecule has 3 heterocycles. The molecule has 32 heavy (non-hydrogen) atoms. The highest BCUT2D eigenvalue weighted by Gasteiger charge is 2.32. The minimum Gasteiger partial charge on any atom is -0.327 e. The summed E-state index contributed by atoms with van der Waals surface area (Å²) in [5.41, 5.74) is 1.51. The number of halogens is 3. The van der Waals surface area contributed by atoms with Crippen LogP contribution in [0.1, 0.15) is 32.0 Å². The molecule has 0 saturated carbocycles. The van der Waals surface area contributed by atoms with Crippen LogP contribution >= 0.6 is 0 Å². The Morgan fingerprint density at radius 1 is 0.969 bits per heavy atom. The first-order chi connectivity index (χ1) is 15.2. The molecule has 0 amide bonds. The third-order valence-corrected chi connectivity index (χ3v) is 8.20. The molecule has 11 heteroatoms. The second-order valence-electron chi connectivity index (χ2n) is 8.56. The summed E-state index contributed by atoms with van der Waals surface area (Å²) in [5.74, 6) is 0.805. The van der Waals surface area contributed by atoms with Gasteiger partial charge in [-0.05, 0) is 38.0 Å². The highest BCUT2D eigenvalue weighted by Crippen LogP contribution is 2.26. The average Bonchev–Trinajstić information content (AvgIpc) is 3.11. The molecule has 2 saturated heterocycles. The Morgan fingerprint density at radius 2 is 1.62 bits per heavy atom. The van der Waals surface area contributed by atoms with Crippen LogP contribution in [0.5, 0.6) is 0 Å². The minimum atomic E-state index is -4.18. The van der Waals surface area contributed by atoms with E-state index in [2.05, 4.69) is 9.47 Å². The third-order valence-electron chi connectivity index (χ3n) is 6.30. The number of piperidine rings is 1. The number of aromatic nitrogens is 2. The molecule has 2 aromatic rings. The van der Waals surface area contributed by atoms with Gasteiger partial charge in [0.05, 0.1) is 29.0 Å². The summed E-state index contributed by atoms with van der Waals surface area (Å²) in [6.07, 6.45) is -1.36. The molecule has 0 radical (unpaired) electrons. The van der Waals surface area contributed by atoms with Gasteiger partial charge < -0.3 is 4.57 Å². The van der Waals surface area contributed by atoms with Gasteiger partial charge >= 0.3 is 6.18 Å². The lowest BCUT2D eigenvalue weighted by Gasteiger charge is -2.34. The number of alkyl halides is 3. The van der Waals surface area contributed by atoms with Crippen LogP contribution in [0, 0.1) is 0 Å². The van der Waals surface area contributed by atoms with Gasteiger partial charge in [0.1, 0.15) is 5.82 Å². The molecule has 0 aliphatic carbocycles. The summed E-state index contributed by atoms with van der Waals surface area (Å²) in [4.78, 5) is 8.51. The zero-order valence-corrected chi connectivity index (χ0v) is 19.1.